The highest BCUT2D eigenvalue weighted by Gasteiger charge is 2.18. The summed E-state index contributed by atoms with van der Waals surface area (Å²) in [6.45, 7) is 2.96. The zero-order valence-corrected chi connectivity index (χ0v) is 10.7. The van der Waals surface area contributed by atoms with Crippen molar-refractivity contribution in [2.24, 2.45) is 0 Å². The van der Waals surface area contributed by atoms with Gasteiger partial charge in [0.2, 0.25) is 0 Å². The quantitative estimate of drug-likeness (QED) is 0.828. The van der Waals surface area contributed by atoms with Crippen LogP contribution in [0.15, 0.2) is 18.3 Å². The first kappa shape index (κ1) is 11.5. The van der Waals surface area contributed by atoms with E-state index in [1.165, 1.54) is 12.0 Å². The molecule has 2 N–H and O–H groups in total. The summed E-state index contributed by atoms with van der Waals surface area (Å²) in [5.41, 5.74) is 9.19. The van der Waals surface area contributed by atoms with Crippen LogP contribution in [-0.4, -0.2) is 16.4 Å². The van der Waals surface area contributed by atoms with Gasteiger partial charge in [0.25, 0.3) is 0 Å². The average molecular weight is 245 g/mol. The molecule has 18 heavy (non-hydrogen) atoms. The molecular formula is C14H19N3O. The zero-order valence-electron chi connectivity index (χ0n) is 10.7. The number of aromatic nitrogens is 2. The topological polar surface area (TPSA) is 53.1 Å². The molecule has 1 atom stereocenters. The minimum absolute atomic E-state index is 0.0876. The van der Waals surface area contributed by atoms with Gasteiger partial charge in [0.05, 0.1) is 11.7 Å². The summed E-state index contributed by atoms with van der Waals surface area (Å²) in [7, 11) is 0. The first-order valence-electron chi connectivity index (χ1n) is 6.67. The van der Waals surface area contributed by atoms with Gasteiger partial charge in [0.15, 0.2) is 6.23 Å². The van der Waals surface area contributed by atoms with E-state index in [9.17, 15) is 0 Å². The third-order valence-corrected chi connectivity index (χ3v) is 3.67. The number of anilines is 1. The normalized spacial score (nSPS) is 20.4. The third kappa shape index (κ3) is 1.86. The number of benzene rings is 1. The number of nitrogens with zero attached hydrogens (tertiary/aromatic N) is 2. The van der Waals surface area contributed by atoms with E-state index in [0.717, 1.165) is 42.5 Å². The standard InChI is InChI=1S/C14H19N3O/c1-2-10-8-13-11(7-12(10)15)9-16-17(13)14-5-3-4-6-18-14/h7-9,14H,2-6,15H2,1H3. The van der Waals surface area contributed by atoms with E-state index in [4.69, 9.17) is 10.5 Å². The average Bonchev–Trinajstić information content (AvgIpc) is 2.81. The summed E-state index contributed by atoms with van der Waals surface area (Å²) < 4.78 is 7.81. The first-order chi connectivity index (χ1) is 8.79. The van der Waals surface area contributed by atoms with Gasteiger partial charge in [-0.05, 0) is 43.4 Å². The van der Waals surface area contributed by atoms with E-state index >= 15 is 0 Å². The van der Waals surface area contributed by atoms with Crippen molar-refractivity contribution in [2.75, 3.05) is 12.3 Å². The number of fused-ring (bicyclic) bond motifs is 1. The Morgan fingerprint density at radius 2 is 2.33 bits per heavy atom. The number of nitrogen functional groups attached to an aromatic ring is 1. The summed E-state index contributed by atoms with van der Waals surface area (Å²) in [4.78, 5) is 0. The molecule has 4 heteroatoms. The molecule has 1 aliphatic heterocycles. The van der Waals surface area contributed by atoms with Gasteiger partial charge in [0.1, 0.15) is 0 Å². The molecule has 96 valence electrons. The maximum atomic E-state index is 6.02. The van der Waals surface area contributed by atoms with Crippen LogP contribution >= 0.6 is 0 Å². The van der Waals surface area contributed by atoms with Crippen LogP contribution < -0.4 is 5.73 Å². The number of rotatable bonds is 2. The Balaban J connectivity index is 2.06. The lowest BCUT2D eigenvalue weighted by Crippen LogP contribution is -2.19. The lowest BCUT2D eigenvalue weighted by Gasteiger charge is -2.23. The second kappa shape index (κ2) is 4.61. The smallest absolute Gasteiger partial charge is 0.150 e. The van der Waals surface area contributed by atoms with Gasteiger partial charge in [0, 0.05) is 17.7 Å². The number of nitrogens with two attached hydrogens (primary N) is 1. The minimum Gasteiger partial charge on any atom is -0.398 e. The fourth-order valence-corrected chi connectivity index (χ4v) is 2.61. The predicted octanol–water partition coefficient (Wildman–Crippen LogP) is 2.88. The number of hydrogen-bond acceptors (Lipinski definition) is 3. The molecule has 0 spiro atoms. The fourth-order valence-electron chi connectivity index (χ4n) is 2.61. The van der Waals surface area contributed by atoms with Gasteiger partial charge in [-0.1, -0.05) is 6.92 Å². The molecule has 1 aliphatic rings. The van der Waals surface area contributed by atoms with Gasteiger partial charge >= 0.3 is 0 Å². The second-order valence-corrected chi connectivity index (χ2v) is 4.87. The van der Waals surface area contributed by atoms with Gasteiger partial charge in [-0.15, -0.1) is 0 Å². The Bertz CT molecular complexity index is 555. The summed E-state index contributed by atoms with van der Waals surface area (Å²) in [5.74, 6) is 0. The van der Waals surface area contributed by atoms with Crippen LogP contribution in [0.5, 0.6) is 0 Å². The molecule has 4 nitrogen and oxygen atoms in total. The van der Waals surface area contributed by atoms with E-state index in [1.807, 2.05) is 16.9 Å². The van der Waals surface area contributed by atoms with Gasteiger partial charge < -0.3 is 10.5 Å². The Morgan fingerprint density at radius 1 is 1.44 bits per heavy atom. The second-order valence-electron chi connectivity index (χ2n) is 4.87. The monoisotopic (exact) mass is 245 g/mol. The Labute approximate surface area is 107 Å². The first-order valence-corrected chi connectivity index (χ1v) is 6.67. The van der Waals surface area contributed by atoms with Crippen LogP contribution in [0.2, 0.25) is 0 Å². The molecule has 2 aromatic rings. The molecule has 0 aliphatic carbocycles. The largest absolute Gasteiger partial charge is 0.398 e. The van der Waals surface area contributed by atoms with Crippen molar-refractivity contribution in [3.63, 3.8) is 0 Å². The third-order valence-electron chi connectivity index (χ3n) is 3.67. The molecule has 0 amide bonds. The van der Waals surface area contributed by atoms with Crippen LogP contribution in [0.25, 0.3) is 10.9 Å². The van der Waals surface area contributed by atoms with Crippen molar-refractivity contribution < 1.29 is 4.74 Å². The minimum atomic E-state index is 0.0876. The summed E-state index contributed by atoms with van der Waals surface area (Å²) in [6, 6.07) is 4.16. The van der Waals surface area contributed by atoms with Crippen molar-refractivity contribution in [1.82, 2.24) is 9.78 Å². The van der Waals surface area contributed by atoms with E-state index < -0.39 is 0 Å². The molecule has 1 aromatic heterocycles. The van der Waals surface area contributed by atoms with Gasteiger partial charge in [-0.3, -0.25) is 0 Å². The number of aryl methyl sites for hydroxylation is 1. The summed E-state index contributed by atoms with van der Waals surface area (Å²) >= 11 is 0. The number of hydrogen-bond donors (Lipinski definition) is 1. The maximum absolute atomic E-state index is 6.02. The molecular weight excluding hydrogens is 226 g/mol. The Hall–Kier alpha value is -1.55. The summed E-state index contributed by atoms with van der Waals surface area (Å²) in [6.07, 6.45) is 6.32. The number of ether oxygens (including phenoxy) is 1. The molecule has 1 fully saturated rings. The zero-order chi connectivity index (χ0) is 12.5. The van der Waals surface area contributed by atoms with Crippen LogP contribution in [-0.2, 0) is 11.2 Å². The van der Waals surface area contributed by atoms with E-state index in [0.29, 0.717) is 0 Å². The lowest BCUT2D eigenvalue weighted by atomic mass is 10.1. The SMILES string of the molecule is CCc1cc2c(cnn2C2CCCCO2)cc1N. The molecule has 0 bridgehead atoms. The van der Waals surface area contributed by atoms with E-state index in [-0.39, 0.29) is 6.23 Å². The maximum Gasteiger partial charge on any atom is 0.150 e. The Morgan fingerprint density at radius 3 is 3.06 bits per heavy atom. The highest BCUT2D eigenvalue weighted by atomic mass is 16.5. The molecule has 0 saturated carbocycles. The van der Waals surface area contributed by atoms with Crippen LogP contribution in [0.3, 0.4) is 0 Å². The van der Waals surface area contributed by atoms with E-state index in [2.05, 4.69) is 18.1 Å². The molecule has 1 saturated heterocycles. The van der Waals surface area contributed by atoms with E-state index in [1.54, 1.807) is 0 Å². The van der Waals surface area contributed by atoms with Crippen molar-refractivity contribution in [3.05, 3.63) is 23.9 Å². The van der Waals surface area contributed by atoms with Crippen molar-refractivity contribution in [3.8, 4) is 0 Å². The van der Waals surface area contributed by atoms with Crippen molar-refractivity contribution in [1.29, 1.82) is 0 Å². The van der Waals surface area contributed by atoms with Crippen LogP contribution in [0.4, 0.5) is 5.69 Å². The van der Waals surface area contributed by atoms with Crippen molar-refractivity contribution in [2.45, 2.75) is 38.8 Å². The van der Waals surface area contributed by atoms with Gasteiger partial charge in [-0.25, -0.2) is 4.68 Å². The fraction of sp³-hybridized carbons (Fsp3) is 0.500. The van der Waals surface area contributed by atoms with Crippen molar-refractivity contribution >= 4 is 16.6 Å². The van der Waals surface area contributed by atoms with Gasteiger partial charge in [-0.2, -0.15) is 5.10 Å². The molecule has 3 rings (SSSR count). The highest BCUT2D eigenvalue weighted by Crippen LogP contribution is 2.28. The molecule has 2 heterocycles. The van der Waals surface area contributed by atoms with Crippen LogP contribution in [0.1, 0.15) is 38.0 Å². The van der Waals surface area contributed by atoms with Crippen LogP contribution in [0, 0.1) is 0 Å². The highest BCUT2D eigenvalue weighted by molar-refractivity contribution is 5.83. The molecule has 0 radical (unpaired) electrons. The molecule has 1 aromatic carbocycles. The summed E-state index contributed by atoms with van der Waals surface area (Å²) in [5, 5.41) is 5.57. The molecule has 1 unspecified atom stereocenters. The lowest BCUT2D eigenvalue weighted by molar-refractivity contribution is -0.0366. The predicted molar refractivity (Wildman–Crippen MR) is 72.4 cm³/mol. The Kier molecular flexibility index (Phi) is 2.96.